The van der Waals surface area contributed by atoms with E-state index < -0.39 is 9.84 Å². The number of aryl methyl sites for hydroxylation is 1. The van der Waals surface area contributed by atoms with Crippen molar-refractivity contribution in [1.82, 2.24) is 4.98 Å². The quantitative estimate of drug-likeness (QED) is 0.569. The van der Waals surface area contributed by atoms with Crippen LogP contribution in [0.2, 0.25) is 5.02 Å². The number of nitrogens with one attached hydrogen (secondary N) is 1. The van der Waals surface area contributed by atoms with Crippen LogP contribution in [0.5, 0.6) is 0 Å². The Balaban J connectivity index is 1.52. The van der Waals surface area contributed by atoms with Gasteiger partial charge in [0.05, 0.1) is 16.3 Å². The Kier molecular flexibility index (Phi) is 6.49. The van der Waals surface area contributed by atoms with Crippen LogP contribution in [0.4, 0.5) is 5.13 Å². The number of carbonyl (C=O) groups excluding carboxylic acids is 1. The van der Waals surface area contributed by atoms with E-state index in [0.717, 1.165) is 16.8 Å². The smallest absolute Gasteiger partial charge is 0.226 e. The summed E-state index contributed by atoms with van der Waals surface area (Å²) in [6, 6.07) is 14.0. The number of carbonyl (C=O) groups is 1. The zero-order chi connectivity index (χ0) is 20.1. The largest absolute Gasteiger partial charge is 0.302 e. The number of amides is 1. The Morgan fingerprint density at radius 3 is 2.46 bits per heavy atom. The Morgan fingerprint density at radius 2 is 1.79 bits per heavy atom. The molecule has 0 saturated heterocycles. The minimum atomic E-state index is -3.38. The lowest BCUT2D eigenvalue weighted by atomic mass is 10.2. The standard InChI is InChI=1S/C20H19ClN2O3S2/c1-14-4-10-17(11-5-14)28(25,26)12-2-3-19(24)23-20-22-18(13-27-20)15-6-8-16(21)9-7-15/h4-11,13H,2-3,12H2,1H3,(H,22,23,24). The molecule has 5 nitrogen and oxygen atoms in total. The molecule has 3 rings (SSSR count). The van der Waals surface area contributed by atoms with Gasteiger partial charge in [-0.15, -0.1) is 11.3 Å². The van der Waals surface area contributed by atoms with E-state index in [-0.39, 0.29) is 29.4 Å². The van der Waals surface area contributed by atoms with Gasteiger partial charge in [0.2, 0.25) is 5.91 Å². The van der Waals surface area contributed by atoms with E-state index >= 15 is 0 Å². The van der Waals surface area contributed by atoms with Crippen molar-refractivity contribution < 1.29 is 13.2 Å². The molecule has 0 saturated carbocycles. The molecule has 0 aliphatic rings. The maximum absolute atomic E-state index is 12.3. The third-order valence-corrected chi connectivity index (χ3v) is 6.91. The maximum atomic E-state index is 12.3. The van der Waals surface area contributed by atoms with E-state index in [0.29, 0.717) is 10.2 Å². The van der Waals surface area contributed by atoms with Gasteiger partial charge in [-0.25, -0.2) is 13.4 Å². The molecule has 3 aromatic rings. The predicted molar refractivity (Wildman–Crippen MR) is 114 cm³/mol. The molecule has 0 aliphatic heterocycles. The van der Waals surface area contributed by atoms with Crippen LogP contribution in [0.15, 0.2) is 58.8 Å². The molecule has 0 unspecified atom stereocenters. The molecule has 1 N–H and O–H groups in total. The first-order valence-electron chi connectivity index (χ1n) is 8.64. The number of hydrogen-bond donors (Lipinski definition) is 1. The molecule has 146 valence electrons. The van der Waals surface area contributed by atoms with Gasteiger partial charge in [0, 0.05) is 22.4 Å². The summed E-state index contributed by atoms with van der Waals surface area (Å²) < 4.78 is 24.6. The fraction of sp³-hybridized carbons (Fsp3) is 0.200. The van der Waals surface area contributed by atoms with E-state index in [1.807, 2.05) is 24.4 Å². The SMILES string of the molecule is Cc1ccc(S(=O)(=O)CCCC(=O)Nc2nc(-c3ccc(Cl)cc3)cs2)cc1. The first-order valence-corrected chi connectivity index (χ1v) is 11.6. The highest BCUT2D eigenvalue weighted by atomic mass is 35.5. The lowest BCUT2D eigenvalue weighted by molar-refractivity contribution is -0.116. The Bertz CT molecular complexity index is 1060. The number of aromatic nitrogens is 1. The van der Waals surface area contributed by atoms with Crippen molar-refractivity contribution in [1.29, 1.82) is 0 Å². The molecule has 0 bridgehead atoms. The van der Waals surface area contributed by atoms with Crippen LogP contribution in [0.25, 0.3) is 11.3 Å². The third kappa shape index (κ3) is 5.41. The van der Waals surface area contributed by atoms with Gasteiger partial charge in [-0.05, 0) is 37.6 Å². The highest BCUT2D eigenvalue weighted by molar-refractivity contribution is 7.91. The highest BCUT2D eigenvalue weighted by Gasteiger charge is 2.15. The zero-order valence-corrected chi connectivity index (χ0v) is 17.6. The third-order valence-electron chi connectivity index (χ3n) is 4.09. The van der Waals surface area contributed by atoms with E-state index in [1.165, 1.54) is 11.3 Å². The summed E-state index contributed by atoms with van der Waals surface area (Å²) in [5, 5.41) is 5.70. The second-order valence-corrected chi connectivity index (χ2v) is 9.73. The van der Waals surface area contributed by atoms with E-state index in [2.05, 4.69) is 10.3 Å². The van der Waals surface area contributed by atoms with Crippen molar-refractivity contribution >= 4 is 43.8 Å². The van der Waals surface area contributed by atoms with Gasteiger partial charge < -0.3 is 5.32 Å². The van der Waals surface area contributed by atoms with Gasteiger partial charge in [-0.3, -0.25) is 4.79 Å². The molecule has 1 amide bonds. The Hall–Kier alpha value is -2.22. The Morgan fingerprint density at radius 1 is 1.11 bits per heavy atom. The first-order chi connectivity index (χ1) is 13.3. The van der Waals surface area contributed by atoms with Gasteiger partial charge in [-0.2, -0.15) is 0 Å². The van der Waals surface area contributed by atoms with Crippen LogP contribution in [-0.2, 0) is 14.6 Å². The van der Waals surface area contributed by atoms with E-state index in [4.69, 9.17) is 11.6 Å². The van der Waals surface area contributed by atoms with Gasteiger partial charge in [0.1, 0.15) is 0 Å². The van der Waals surface area contributed by atoms with Crippen LogP contribution >= 0.6 is 22.9 Å². The van der Waals surface area contributed by atoms with Gasteiger partial charge >= 0.3 is 0 Å². The molecular formula is C20H19ClN2O3S2. The van der Waals surface area contributed by atoms with Crippen LogP contribution in [0.3, 0.4) is 0 Å². The second kappa shape index (κ2) is 8.86. The number of hydrogen-bond acceptors (Lipinski definition) is 5. The van der Waals surface area contributed by atoms with Crippen LogP contribution in [0, 0.1) is 6.92 Å². The van der Waals surface area contributed by atoms with Crippen molar-refractivity contribution in [3.8, 4) is 11.3 Å². The molecule has 28 heavy (non-hydrogen) atoms. The van der Waals surface area contributed by atoms with E-state index in [1.54, 1.807) is 36.4 Å². The molecular weight excluding hydrogens is 416 g/mol. The van der Waals surface area contributed by atoms with Crippen molar-refractivity contribution in [2.45, 2.75) is 24.7 Å². The summed E-state index contributed by atoms with van der Waals surface area (Å²) in [5.41, 5.74) is 2.66. The molecule has 0 fully saturated rings. The lowest BCUT2D eigenvalue weighted by Crippen LogP contribution is -2.14. The molecule has 0 atom stereocenters. The molecule has 8 heteroatoms. The normalized spacial score (nSPS) is 11.4. The maximum Gasteiger partial charge on any atom is 0.226 e. The van der Waals surface area contributed by atoms with Crippen molar-refractivity contribution in [2.24, 2.45) is 0 Å². The summed E-state index contributed by atoms with van der Waals surface area (Å²) in [5.74, 6) is -0.326. The average Bonchev–Trinajstić information content (AvgIpc) is 3.11. The van der Waals surface area contributed by atoms with Crippen LogP contribution < -0.4 is 5.32 Å². The summed E-state index contributed by atoms with van der Waals surface area (Å²) in [6.45, 7) is 1.90. The van der Waals surface area contributed by atoms with Gasteiger partial charge in [0.15, 0.2) is 15.0 Å². The molecule has 0 spiro atoms. The van der Waals surface area contributed by atoms with Crippen molar-refractivity contribution in [3.05, 3.63) is 64.5 Å². The predicted octanol–water partition coefficient (Wildman–Crippen LogP) is 4.96. The molecule has 2 aromatic carbocycles. The summed E-state index contributed by atoms with van der Waals surface area (Å²) >= 11 is 7.20. The first kappa shape index (κ1) is 20.5. The molecule has 0 radical (unpaired) electrons. The fourth-order valence-corrected chi connectivity index (χ4v) is 4.73. The number of thiazole rings is 1. The van der Waals surface area contributed by atoms with Gasteiger partial charge in [-0.1, -0.05) is 41.4 Å². The second-order valence-electron chi connectivity index (χ2n) is 6.33. The number of nitrogens with zero attached hydrogens (tertiary/aromatic N) is 1. The highest BCUT2D eigenvalue weighted by Crippen LogP contribution is 2.26. The van der Waals surface area contributed by atoms with Crippen LogP contribution in [-0.4, -0.2) is 25.1 Å². The fourth-order valence-electron chi connectivity index (χ4n) is 2.55. The van der Waals surface area contributed by atoms with Gasteiger partial charge in [0.25, 0.3) is 0 Å². The molecule has 1 aromatic heterocycles. The molecule has 1 heterocycles. The number of sulfone groups is 1. The van der Waals surface area contributed by atoms with Crippen LogP contribution in [0.1, 0.15) is 18.4 Å². The number of rotatable bonds is 7. The summed E-state index contributed by atoms with van der Waals surface area (Å²) in [4.78, 5) is 16.8. The minimum Gasteiger partial charge on any atom is -0.302 e. The number of anilines is 1. The molecule has 0 aliphatic carbocycles. The zero-order valence-electron chi connectivity index (χ0n) is 15.2. The monoisotopic (exact) mass is 434 g/mol. The minimum absolute atomic E-state index is 0.0720. The lowest BCUT2D eigenvalue weighted by Gasteiger charge is -2.05. The number of halogens is 1. The van der Waals surface area contributed by atoms with E-state index in [9.17, 15) is 13.2 Å². The summed E-state index contributed by atoms with van der Waals surface area (Å²) in [7, 11) is -3.38. The van der Waals surface area contributed by atoms with Crippen molar-refractivity contribution in [3.63, 3.8) is 0 Å². The van der Waals surface area contributed by atoms with Crippen molar-refractivity contribution in [2.75, 3.05) is 11.1 Å². The summed E-state index contributed by atoms with van der Waals surface area (Å²) in [6.07, 6.45) is 0.360. The Labute approximate surface area is 173 Å². The average molecular weight is 435 g/mol. The number of benzene rings is 2. The topological polar surface area (TPSA) is 76.1 Å².